The van der Waals surface area contributed by atoms with Crippen LogP contribution in [0.3, 0.4) is 0 Å². The summed E-state index contributed by atoms with van der Waals surface area (Å²) in [6.45, 7) is 0. The number of urea groups is 1. The van der Waals surface area contributed by atoms with Crippen LogP contribution in [0.1, 0.15) is 5.56 Å². The number of nitrogens with zero attached hydrogens (tertiary/aromatic N) is 2. The maximum absolute atomic E-state index is 12.1. The SMILES string of the molecule is CN(C(=O)Nc1ccc(CC(=O)O)cc1)c1cccnc1. The van der Waals surface area contributed by atoms with Gasteiger partial charge in [0.2, 0.25) is 0 Å². The Balaban J connectivity index is 2.01. The maximum Gasteiger partial charge on any atom is 0.326 e. The third kappa shape index (κ3) is 4.04. The molecule has 0 spiro atoms. The van der Waals surface area contributed by atoms with E-state index in [1.54, 1.807) is 55.8 Å². The molecule has 0 saturated heterocycles. The highest BCUT2D eigenvalue weighted by Gasteiger charge is 2.11. The summed E-state index contributed by atoms with van der Waals surface area (Å²) in [5.74, 6) is -0.886. The molecule has 0 bridgehead atoms. The van der Waals surface area contributed by atoms with Crippen LogP contribution in [0.4, 0.5) is 16.2 Å². The van der Waals surface area contributed by atoms with Gasteiger partial charge in [0.1, 0.15) is 0 Å². The number of nitrogens with one attached hydrogen (secondary N) is 1. The Morgan fingerprint density at radius 1 is 1.24 bits per heavy atom. The van der Waals surface area contributed by atoms with Gasteiger partial charge in [-0.25, -0.2) is 4.79 Å². The average molecular weight is 285 g/mol. The smallest absolute Gasteiger partial charge is 0.326 e. The highest BCUT2D eigenvalue weighted by atomic mass is 16.4. The molecule has 1 heterocycles. The summed E-state index contributed by atoms with van der Waals surface area (Å²) < 4.78 is 0. The van der Waals surface area contributed by atoms with Crippen LogP contribution in [-0.4, -0.2) is 29.1 Å². The lowest BCUT2D eigenvalue weighted by atomic mass is 10.1. The number of carbonyl (C=O) groups is 2. The van der Waals surface area contributed by atoms with E-state index in [0.29, 0.717) is 16.9 Å². The first-order valence-electron chi connectivity index (χ1n) is 6.32. The Labute approximate surface area is 122 Å². The molecule has 108 valence electrons. The minimum Gasteiger partial charge on any atom is -0.481 e. The molecule has 1 aromatic carbocycles. The zero-order valence-corrected chi connectivity index (χ0v) is 11.5. The van der Waals surface area contributed by atoms with E-state index >= 15 is 0 Å². The molecule has 0 fully saturated rings. The summed E-state index contributed by atoms with van der Waals surface area (Å²) in [6, 6.07) is 9.93. The fourth-order valence-corrected chi connectivity index (χ4v) is 1.76. The molecule has 2 amide bonds. The van der Waals surface area contributed by atoms with Crippen LogP contribution < -0.4 is 10.2 Å². The first-order valence-corrected chi connectivity index (χ1v) is 6.32. The van der Waals surface area contributed by atoms with Crippen LogP contribution in [0.5, 0.6) is 0 Å². The van der Waals surface area contributed by atoms with E-state index in [-0.39, 0.29) is 12.5 Å². The van der Waals surface area contributed by atoms with Gasteiger partial charge >= 0.3 is 12.0 Å². The van der Waals surface area contributed by atoms with Gasteiger partial charge in [0.05, 0.1) is 18.3 Å². The third-order valence-electron chi connectivity index (χ3n) is 2.90. The molecule has 2 rings (SSSR count). The molecular formula is C15H15N3O3. The molecule has 1 aromatic heterocycles. The Bertz CT molecular complexity index is 626. The number of benzene rings is 1. The minimum absolute atomic E-state index is 0.0379. The molecule has 6 heteroatoms. The van der Waals surface area contributed by atoms with Crippen molar-refractivity contribution >= 4 is 23.4 Å². The normalized spacial score (nSPS) is 9.95. The van der Waals surface area contributed by atoms with Gasteiger partial charge < -0.3 is 10.4 Å². The summed E-state index contributed by atoms with van der Waals surface area (Å²) in [6.07, 6.45) is 3.19. The van der Waals surface area contributed by atoms with Crippen molar-refractivity contribution in [3.05, 3.63) is 54.4 Å². The quantitative estimate of drug-likeness (QED) is 0.903. The van der Waals surface area contributed by atoms with Crippen LogP contribution >= 0.6 is 0 Å². The number of rotatable bonds is 4. The number of carboxylic acids is 1. The molecule has 0 radical (unpaired) electrons. The van der Waals surface area contributed by atoms with Crippen molar-refractivity contribution in [3.8, 4) is 0 Å². The number of carboxylic acid groups (broad SMARTS) is 1. The van der Waals surface area contributed by atoms with Gasteiger partial charge in [-0.1, -0.05) is 12.1 Å². The van der Waals surface area contributed by atoms with Crippen molar-refractivity contribution in [2.75, 3.05) is 17.3 Å². The largest absolute Gasteiger partial charge is 0.481 e. The predicted molar refractivity (Wildman–Crippen MR) is 79.4 cm³/mol. The Morgan fingerprint density at radius 3 is 2.52 bits per heavy atom. The Morgan fingerprint density at radius 2 is 1.95 bits per heavy atom. The van der Waals surface area contributed by atoms with Gasteiger partial charge in [0, 0.05) is 18.9 Å². The molecular weight excluding hydrogens is 270 g/mol. The molecule has 0 aliphatic rings. The molecule has 0 atom stereocenters. The van der Waals surface area contributed by atoms with E-state index in [1.807, 2.05) is 0 Å². The van der Waals surface area contributed by atoms with E-state index in [1.165, 1.54) is 4.90 Å². The summed E-state index contributed by atoms with van der Waals surface area (Å²) in [7, 11) is 1.64. The summed E-state index contributed by atoms with van der Waals surface area (Å²) in [5, 5.41) is 11.4. The fraction of sp³-hybridized carbons (Fsp3) is 0.133. The van der Waals surface area contributed by atoms with Crippen molar-refractivity contribution in [2.45, 2.75) is 6.42 Å². The number of anilines is 2. The van der Waals surface area contributed by atoms with E-state index in [4.69, 9.17) is 5.11 Å². The Hall–Kier alpha value is -2.89. The maximum atomic E-state index is 12.1. The van der Waals surface area contributed by atoms with E-state index in [2.05, 4.69) is 10.3 Å². The molecule has 0 aliphatic carbocycles. The van der Waals surface area contributed by atoms with Crippen LogP contribution in [0, 0.1) is 0 Å². The lowest BCUT2D eigenvalue weighted by Gasteiger charge is -2.17. The number of aliphatic carboxylic acids is 1. The second-order valence-corrected chi connectivity index (χ2v) is 4.47. The monoisotopic (exact) mass is 285 g/mol. The van der Waals surface area contributed by atoms with Crippen LogP contribution in [0.15, 0.2) is 48.8 Å². The van der Waals surface area contributed by atoms with Gasteiger partial charge in [0.15, 0.2) is 0 Å². The number of amides is 2. The lowest BCUT2D eigenvalue weighted by molar-refractivity contribution is -0.136. The molecule has 0 aliphatic heterocycles. The predicted octanol–water partition coefficient (Wildman–Crippen LogP) is 2.38. The topological polar surface area (TPSA) is 82.5 Å². The number of hydrogen-bond donors (Lipinski definition) is 2. The van der Waals surface area contributed by atoms with E-state index in [0.717, 1.165) is 0 Å². The number of pyridine rings is 1. The third-order valence-corrected chi connectivity index (χ3v) is 2.90. The van der Waals surface area contributed by atoms with Gasteiger partial charge in [-0.3, -0.25) is 14.7 Å². The second kappa shape index (κ2) is 6.51. The minimum atomic E-state index is -0.886. The highest BCUT2D eigenvalue weighted by molar-refractivity contribution is 6.01. The first-order chi connectivity index (χ1) is 10.1. The summed E-state index contributed by atoms with van der Waals surface area (Å²) in [5.41, 5.74) is 1.96. The lowest BCUT2D eigenvalue weighted by Crippen LogP contribution is -2.31. The average Bonchev–Trinajstić information content (AvgIpc) is 2.49. The summed E-state index contributed by atoms with van der Waals surface area (Å²) in [4.78, 5) is 28.1. The van der Waals surface area contributed by atoms with Crippen molar-refractivity contribution < 1.29 is 14.7 Å². The molecule has 2 aromatic rings. The van der Waals surface area contributed by atoms with Crippen molar-refractivity contribution in [1.82, 2.24) is 4.98 Å². The number of carbonyl (C=O) groups excluding carboxylic acids is 1. The number of aromatic nitrogens is 1. The van der Waals surface area contributed by atoms with Gasteiger partial charge in [-0.05, 0) is 29.8 Å². The van der Waals surface area contributed by atoms with Crippen LogP contribution in [0.25, 0.3) is 0 Å². The molecule has 0 unspecified atom stereocenters. The highest BCUT2D eigenvalue weighted by Crippen LogP contribution is 2.14. The molecule has 2 N–H and O–H groups in total. The molecule has 6 nitrogen and oxygen atoms in total. The van der Waals surface area contributed by atoms with Gasteiger partial charge in [-0.2, -0.15) is 0 Å². The number of hydrogen-bond acceptors (Lipinski definition) is 3. The second-order valence-electron chi connectivity index (χ2n) is 4.47. The molecule has 0 saturated carbocycles. The molecule has 21 heavy (non-hydrogen) atoms. The van der Waals surface area contributed by atoms with Crippen LogP contribution in [0.2, 0.25) is 0 Å². The first kappa shape index (κ1) is 14.5. The van der Waals surface area contributed by atoms with Gasteiger partial charge in [0.25, 0.3) is 0 Å². The Kier molecular flexibility index (Phi) is 4.50. The zero-order valence-electron chi connectivity index (χ0n) is 11.5. The standard InChI is InChI=1S/C15H15N3O3/c1-18(13-3-2-8-16-10-13)15(21)17-12-6-4-11(5-7-12)9-14(19)20/h2-8,10H,9H2,1H3,(H,17,21)(H,19,20). The van der Waals surface area contributed by atoms with Crippen molar-refractivity contribution in [3.63, 3.8) is 0 Å². The van der Waals surface area contributed by atoms with Crippen molar-refractivity contribution in [2.24, 2.45) is 0 Å². The fourth-order valence-electron chi connectivity index (χ4n) is 1.76. The zero-order chi connectivity index (χ0) is 15.2. The van der Waals surface area contributed by atoms with Crippen LogP contribution in [-0.2, 0) is 11.2 Å². The van der Waals surface area contributed by atoms with Crippen molar-refractivity contribution in [1.29, 1.82) is 0 Å². The van der Waals surface area contributed by atoms with E-state index < -0.39 is 5.97 Å². The van der Waals surface area contributed by atoms with Gasteiger partial charge in [-0.15, -0.1) is 0 Å². The summed E-state index contributed by atoms with van der Waals surface area (Å²) >= 11 is 0. The van der Waals surface area contributed by atoms with E-state index in [9.17, 15) is 9.59 Å².